The van der Waals surface area contributed by atoms with Crippen LogP contribution in [-0.4, -0.2) is 49.4 Å². The molecule has 1 aromatic carbocycles. The van der Waals surface area contributed by atoms with Crippen molar-refractivity contribution in [2.45, 2.75) is 20.3 Å². The number of hydrogen-bond donors (Lipinski definition) is 2. The monoisotopic (exact) mass is 338 g/mol. The Morgan fingerprint density at radius 1 is 1.22 bits per heavy atom. The second-order valence-electron chi connectivity index (χ2n) is 6.46. The molecule has 2 N–H and O–H groups in total. The highest BCUT2D eigenvalue weighted by molar-refractivity contribution is 6.30. The maximum Gasteiger partial charge on any atom is 0.279 e. The fraction of sp³-hybridized carbons (Fsp3) is 0.529. The minimum atomic E-state index is -0.00993. The van der Waals surface area contributed by atoms with E-state index in [9.17, 15) is 9.59 Å². The lowest BCUT2D eigenvalue weighted by Gasteiger charge is -2.32. The largest absolute Gasteiger partial charge is 0.331 e. The summed E-state index contributed by atoms with van der Waals surface area (Å²) < 4.78 is 0. The van der Waals surface area contributed by atoms with Crippen LogP contribution in [0.1, 0.15) is 20.3 Å². The number of anilines is 1. The average Bonchev–Trinajstić information content (AvgIpc) is 2.49. The fourth-order valence-corrected chi connectivity index (χ4v) is 2.82. The molecule has 23 heavy (non-hydrogen) atoms. The Bertz CT molecular complexity index is 537. The second-order valence-corrected chi connectivity index (χ2v) is 6.90. The highest BCUT2D eigenvalue weighted by atomic mass is 35.5. The molecule has 1 aliphatic rings. The molecule has 1 aliphatic heterocycles. The molecular formula is C17H25ClN3O2+. The number of rotatable bonds is 5. The number of quaternary nitrogens is 1. The van der Waals surface area contributed by atoms with E-state index >= 15 is 0 Å². The van der Waals surface area contributed by atoms with E-state index in [1.54, 1.807) is 24.3 Å². The summed E-state index contributed by atoms with van der Waals surface area (Å²) in [6, 6.07) is 7.09. The van der Waals surface area contributed by atoms with Gasteiger partial charge in [-0.2, -0.15) is 0 Å². The zero-order chi connectivity index (χ0) is 16.8. The molecule has 0 aliphatic carbocycles. The Kier molecular flexibility index (Phi) is 6.42. The first-order valence-electron chi connectivity index (χ1n) is 8.11. The third kappa shape index (κ3) is 5.84. The van der Waals surface area contributed by atoms with Gasteiger partial charge in [0.15, 0.2) is 6.54 Å². The van der Waals surface area contributed by atoms with E-state index in [1.807, 2.05) is 4.90 Å². The Morgan fingerprint density at radius 3 is 2.39 bits per heavy atom. The van der Waals surface area contributed by atoms with Crippen molar-refractivity contribution in [1.82, 2.24) is 4.90 Å². The minimum Gasteiger partial charge on any atom is -0.331 e. The van der Waals surface area contributed by atoms with Crippen LogP contribution in [0.25, 0.3) is 0 Å². The first-order valence-corrected chi connectivity index (χ1v) is 8.48. The molecule has 6 heteroatoms. The molecule has 126 valence electrons. The first-order chi connectivity index (χ1) is 10.9. The third-order valence-electron chi connectivity index (χ3n) is 3.94. The summed E-state index contributed by atoms with van der Waals surface area (Å²) >= 11 is 5.83. The average molecular weight is 339 g/mol. The normalized spacial score (nSPS) is 15.7. The summed E-state index contributed by atoms with van der Waals surface area (Å²) in [4.78, 5) is 27.2. The van der Waals surface area contributed by atoms with Gasteiger partial charge in [0.25, 0.3) is 5.91 Å². The van der Waals surface area contributed by atoms with E-state index in [4.69, 9.17) is 11.6 Å². The van der Waals surface area contributed by atoms with Crippen molar-refractivity contribution in [1.29, 1.82) is 0 Å². The number of nitrogens with one attached hydrogen (secondary N) is 2. The van der Waals surface area contributed by atoms with Gasteiger partial charge in [0.05, 0.1) is 26.2 Å². The van der Waals surface area contributed by atoms with Crippen LogP contribution in [0.3, 0.4) is 0 Å². The van der Waals surface area contributed by atoms with Gasteiger partial charge in [-0.15, -0.1) is 0 Å². The van der Waals surface area contributed by atoms with Crippen molar-refractivity contribution in [3.05, 3.63) is 29.3 Å². The van der Waals surface area contributed by atoms with E-state index in [0.29, 0.717) is 23.9 Å². The van der Waals surface area contributed by atoms with Crippen LogP contribution in [0, 0.1) is 5.92 Å². The van der Waals surface area contributed by atoms with Gasteiger partial charge in [-0.3, -0.25) is 9.59 Å². The molecule has 0 aromatic heterocycles. The summed E-state index contributed by atoms with van der Waals surface area (Å²) in [5, 5.41) is 3.53. The van der Waals surface area contributed by atoms with Crippen molar-refractivity contribution in [3.63, 3.8) is 0 Å². The maximum absolute atomic E-state index is 12.1. The lowest BCUT2D eigenvalue weighted by molar-refractivity contribution is -0.895. The predicted molar refractivity (Wildman–Crippen MR) is 91.7 cm³/mol. The molecule has 0 bridgehead atoms. The summed E-state index contributed by atoms with van der Waals surface area (Å²) in [6.07, 6.45) is 0.604. The molecule has 0 saturated carbocycles. The zero-order valence-corrected chi connectivity index (χ0v) is 14.5. The lowest BCUT2D eigenvalue weighted by atomic mass is 10.1. The van der Waals surface area contributed by atoms with Crippen molar-refractivity contribution in [3.8, 4) is 0 Å². The summed E-state index contributed by atoms with van der Waals surface area (Å²) in [5.41, 5.74) is 0.754. The highest BCUT2D eigenvalue weighted by Crippen LogP contribution is 2.12. The Hall–Kier alpha value is -1.59. The van der Waals surface area contributed by atoms with Crippen LogP contribution in [0.5, 0.6) is 0 Å². The number of halogens is 1. The van der Waals surface area contributed by atoms with E-state index in [0.717, 1.165) is 31.9 Å². The quantitative estimate of drug-likeness (QED) is 0.843. The lowest BCUT2D eigenvalue weighted by Crippen LogP contribution is -3.15. The number of amides is 2. The summed E-state index contributed by atoms with van der Waals surface area (Å²) in [6.45, 7) is 7.63. The van der Waals surface area contributed by atoms with Gasteiger partial charge < -0.3 is 15.1 Å². The molecule has 2 rings (SSSR count). The molecule has 1 aromatic rings. The standard InChI is InChI=1S/C17H24ClN3O2/c1-13(2)11-17(23)21-9-7-20(8-10-21)12-16(22)19-15-5-3-14(18)4-6-15/h3-6,13H,7-12H2,1-2H3,(H,19,22)/p+1. The summed E-state index contributed by atoms with van der Waals surface area (Å²) in [5.74, 6) is 0.604. The first kappa shape index (κ1) is 17.8. The number of nitrogens with zero attached hydrogens (tertiary/aromatic N) is 1. The van der Waals surface area contributed by atoms with Crippen LogP contribution in [0.4, 0.5) is 5.69 Å². The molecule has 1 heterocycles. The second kappa shape index (κ2) is 8.31. The van der Waals surface area contributed by atoms with E-state index in [-0.39, 0.29) is 11.8 Å². The van der Waals surface area contributed by atoms with E-state index in [1.165, 1.54) is 4.90 Å². The van der Waals surface area contributed by atoms with Crippen LogP contribution in [-0.2, 0) is 9.59 Å². The van der Waals surface area contributed by atoms with Crippen LogP contribution in [0.15, 0.2) is 24.3 Å². The van der Waals surface area contributed by atoms with Crippen LogP contribution in [0.2, 0.25) is 5.02 Å². The Labute approximate surface area is 142 Å². The van der Waals surface area contributed by atoms with Crippen LogP contribution < -0.4 is 10.2 Å². The number of hydrogen-bond acceptors (Lipinski definition) is 2. The topological polar surface area (TPSA) is 53.9 Å². The molecule has 5 nitrogen and oxygen atoms in total. The smallest absolute Gasteiger partial charge is 0.279 e. The minimum absolute atomic E-state index is 0.00993. The third-order valence-corrected chi connectivity index (χ3v) is 4.20. The van der Waals surface area contributed by atoms with Gasteiger partial charge in [0.1, 0.15) is 0 Å². The fourth-order valence-electron chi connectivity index (χ4n) is 2.69. The van der Waals surface area contributed by atoms with Crippen molar-refractivity contribution in [2.75, 3.05) is 38.0 Å². The highest BCUT2D eigenvalue weighted by Gasteiger charge is 2.25. The number of benzene rings is 1. The van der Waals surface area contributed by atoms with E-state index in [2.05, 4.69) is 19.2 Å². The molecule has 0 atom stereocenters. The van der Waals surface area contributed by atoms with Gasteiger partial charge in [-0.1, -0.05) is 25.4 Å². The van der Waals surface area contributed by atoms with Crippen molar-refractivity contribution >= 4 is 29.1 Å². The Balaban J connectivity index is 1.74. The number of carbonyl (C=O) groups excluding carboxylic acids is 2. The molecule has 0 spiro atoms. The molecule has 0 radical (unpaired) electrons. The van der Waals surface area contributed by atoms with Gasteiger partial charge >= 0.3 is 0 Å². The molecule has 1 fully saturated rings. The van der Waals surface area contributed by atoms with Crippen molar-refractivity contribution in [2.24, 2.45) is 5.92 Å². The SMILES string of the molecule is CC(C)CC(=O)N1CC[NH+](CC(=O)Nc2ccc(Cl)cc2)CC1. The summed E-state index contributed by atoms with van der Waals surface area (Å²) in [7, 11) is 0. The predicted octanol–water partition coefficient (Wildman–Crippen LogP) is 1.05. The van der Waals surface area contributed by atoms with Gasteiger partial charge in [-0.05, 0) is 30.2 Å². The van der Waals surface area contributed by atoms with Gasteiger partial charge in [0, 0.05) is 17.1 Å². The van der Waals surface area contributed by atoms with Crippen LogP contribution >= 0.6 is 11.6 Å². The van der Waals surface area contributed by atoms with Gasteiger partial charge in [-0.25, -0.2) is 0 Å². The molecular weight excluding hydrogens is 314 g/mol. The number of piperazine rings is 1. The van der Waals surface area contributed by atoms with E-state index < -0.39 is 0 Å². The zero-order valence-electron chi connectivity index (χ0n) is 13.8. The molecule has 1 saturated heterocycles. The molecule has 0 unspecified atom stereocenters. The number of carbonyl (C=O) groups is 2. The maximum atomic E-state index is 12.1. The van der Waals surface area contributed by atoms with Gasteiger partial charge in [0.2, 0.25) is 5.91 Å². The Morgan fingerprint density at radius 2 is 1.83 bits per heavy atom. The van der Waals surface area contributed by atoms with Crippen molar-refractivity contribution < 1.29 is 14.5 Å². The molecule has 2 amide bonds.